The summed E-state index contributed by atoms with van der Waals surface area (Å²) in [5, 5.41) is 4.80. The molecule has 1 aliphatic rings. The van der Waals surface area contributed by atoms with E-state index in [1.165, 1.54) is 0 Å². The smallest absolute Gasteiger partial charge is 0.271 e. The van der Waals surface area contributed by atoms with Gasteiger partial charge in [-0.25, -0.2) is 5.43 Å². The number of carbonyl (C=O) groups excluding carboxylic acids is 3. The molecule has 2 amide bonds. The summed E-state index contributed by atoms with van der Waals surface area (Å²) in [4.78, 5) is 39.9. The number of rotatable bonds is 7. The lowest BCUT2D eigenvalue weighted by atomic mass is 10.0. The highest BCUT2D eigenvalue weighted by atomic mass is 35.5. The molecule has 0 bridgehead atoms. The summed E-state index contributed by atoms with van der Waals surface area (Å²) >= 11 is 5.90. The van der Waals surface area contributed by atoms with Crippen LogP contribution in [0, 0.1) is 0 Å². The molecule has 1 aliphatic heterocycles. The van der Waals surface area contributed by atoms with Crippen molar-refractivity contribution in [1.29, 1.82) is 0 Å². The largest absolute Gasteiger partial charge is 0.478 e. The molecule has 1 saturated heterocycles. The van der Waals surface area contributed by atoms with E-state index in [0.29, 0.717) is 59.1 Å². The Kier molecular flexibility index (Phi) is 8.12. The van der Waals surface area contributed by atoms with Crippen molar-refractivity contribution in [3.63, 3.8) is 0 Å². The third-order valence-corrected chi connectivity index (χ3v) is 6.48. The van der Waals surface area contributed by atoms with Gasteiger partial charge in [0.2, 0.25) is 0 Å². The first-order chi connectivity index (χ1) is 18.1. The number of nitrogens with zero attached hydrogens (tertiary/aromatic N) is 2. The van der Waals surface area contributed by atoms with Gasteiger partial charge in [0.25, 0.3) is 11.8 Å². The van der Waals surface area contributed by atoms with Gasteiger partial charge in [-0.05, 0) is 86.6 Å². The van der Waals surface area contributed by atoms with Gasteiger partial charge in [-0.15, -0.1) is 0 Å². The second-order valence-corrected chi connectivity index (χ2v) is 9.94. The molecule has 0 radical (unpaired) electrons. The second kappa shape index (κ2) is 11.5. The SMILES string of the molecule is CC(C)(Oc1ccc(C(=O)c2ccc(Cl)cc2)cc1)C(=O)N1CCC(=NNC(=O)c2ccc(N)cc2)CC1. The van der Waals surface area contributed by atoms with Crippen molar-refractivity contribution in [2.45, 2.75) is 32.3 Å². The standard InChI is InChI=1S/C29H29ClN4O4/c1-29(2,38-25-13-7-20(8-14-25)26(35)19-3-9-22(30)10-4-19)28(37)34-17-15-24(16-18-34)32-33-27(36)21-5-11-23(31)12-6-21/h3-14H,15-18,31H2,1-2H3,(H,33,36). The second-order valence-electron chi connectivity index (χ2n) is 9.51. The predicted octanol–water partition coefficient (Wildman–Crippen LogP) is 4.72. The van der Waals surface area contributed by atoms with Crippen molar-refractivity contribution in [1.82, 2.24) is 10.3 Å². The van der Waals surface area contributed by atoms with Crippen LogP contribution in [-0.4, -0.2) is 46.9 Å². The molecule has 1 fully saturated rings. The van der Waals surface area contributed by atoms with Crippen molar-refractivity contribution in [2.24, 2.45) is 5.10 Å². The van der Waals surface area contributed by atoms with Crippen LogP contribution in [0.1, 0.15) is 53.0 Å². The molecule has 0 spiro atoms. The van der Waals surface area contributed by atoms with Crippen molar-refractivity contribution < 1.29 is 19.1 Å². The molecule has 0 atom stereocenters. The highest BCUT2D eigenvalue weighted by molar-refractivity contribution is 6.30. The minimum absolute atomic E-state index is 0.126. The maximum Gasteiger partial charge on any atom is 0.271 e. The quantitative estimate of drug-likeness (QED) is 0.260. The molecule has 9 heteroatoms. The van der Waals surface area contributed by atoms with Crippen LogP contribution < -0.4 is 15.9 Å². The van der Waals surface area contributed by atoms with Crippen LogP contribution in [0.25, 0.3) is 0 Å². The third kappa shape index (κ3) is 6.58. The fourth-order valence-electron chi connectivity index (χ4n) is 4.07. The summed E-state index contributed by atoms with van der Waals surface area (Å²) in [6, 6.07) is 20.0. The molecule has 8 nitrogen and oxygen atoms in total. The number of ether oxygens (including phenoxy) is 1. The highest BCUT2D eigenvalue weighted by Gasteiger charge is 2.35. The zero-order chi connectivity index (χ0) is 27.3. The molecule has 196 valence electrons. The van der Waals surface area contributed by atoms with Crippen molar-refractivity contribution in [3.05, 3.63) is 94.5 Å². The van der Waals surface area contributed by atoms with Crippen LogP contribution in [0.2, 0.25) is 5.02 Å². The number of piperidine rings is 1. The number of ketones is 1. The summed E-state index contributed by atoms with van der Waals surface area (Å²) in [6.07, 6.45) is 1.09. The van der Waals surface area contributed by atoms with Crippen LogP contribution in [0.3, 0.4) is 0 Å². The zero-order valence-electron chi connectivity index (χ0n) is 21.2. The van der Waals surface area contributed by atoms with Crippen LogP contribution >= 0.6 is 11.6 Å². The van der Waals surface area contributed by atoms with E-state index in [0.717, 1.165) is 5.71 Å². The normalized spacial score (nSPS) is 13.6. The summed E-state index contributed by atoms with van der Waals surface area (Å²) in [5.74, 6) is -0.102. The lowest BCUT2D eigenvalue weighted by Crippen LogP contribution is -2.51. The Labute approximate surface area is 226 Å². The number of hydrazone groups is 1. The van der Waals surface area contributed by atoms with E-state index in [2.05, 4.69) is 10.5 Å². The van der Waals surface area contributed by atoms with E-state index < -0.39 is 5.60 Å². The number of likely N-dealkylation sites (tertiary alicyclic amines) is 1. The number of anilines is 1. The Morgan fingerprint density at radius 3 is 1.97 bits per heavy atom. The lowest BCUT2D eigenvalue weighted by molar-refractivity contribution is -0.145. The molecule has 38 heavy (non-hydrogen) atoms. The molecule has 1 heterocycles. The monoisotopic (exact) mass is 532 g/mol. The molecule has 3 aromatic carbocycles. The van der Waals surface area contributed by atoms with Gasteiger partial charge in [0, 0.05) is 59.0 Å². The fraction of sp³-hybridized carbons (Fsp3) is 0.241. The third-order valence-electron chi connectivity index (χ3n) is 6.23. The summed E-state index contributed by atoms with van der Waals surface area (Å²) < 4.78 is 6.02. The lowest BCUT2D eigenvalue weighted by Gasteiger charge is -2.34. The summed E-state index contributed by atoms with van der Waals surface area (Å²) in [5.41, 5.74) is 10.0. The van der Waals surface area contributed by atoms with E-state index in [1.54, 1.807) is 91.5 Å². The molecule has 3 N–H and O–H groups in total. The first-order valence-electron chi connectivity index (χ1n) is 12.2. The Morgan fingerprint density at radius 1 is 0.868 bits per heavy atom. The van der Waals surface area contributed by atoms with E-state index in [4.69, 9.17) is 22.1 Å². The summed E-state index contributed by atoms with van der Waals surface area (Å²) in [6.45, 7) is 4.38. The maximum absolute atomic E-state index is 13.2. The number of amides is 2. The van der Waals surface area contributed by atoms with E-state index in [9.17, 15) is 14.4 Å². The molecule has 0 unspecified atom stereocenters. The van der Waals surface area contributed by atoms with Crippen molar-refractivity contribution >= 4 is 40.6 Å². The Balaban J connectivity index is 1.30. The van der Waals surface area contributed by atoms with Crippen LogP contribution in [0.5, 0.6) is 5.75 Å². The number of nitrogens with one attached hydrogen (secondary N) is 1. The number of carbonyl (C=O) groups is 3. The number of halogens is 1. The van der Waals surface area contributed by atoms with E-state index >= 15 is 0 Å². The first-order valence-corrected chi connectivity index (χ1v) is 12.6. The number of nitrogens with two attached hydrogens (primary N) is 1. The predicted molar refractivity (Wildman–Crippen MR) is 148 cm³/mol. The highest BCUT2D eigenvalue weighted by Crippen LogP contribution is 2.23. The Hall–Kier alpha value is -4.17. The molecular weight excluding hydrogens is 504 g/mol. The first kappa shape index (κ1) is 26.9. The van der Waals surface area contributed by atoms with Crippen molar-refractivity contribution in [2.75, 3.05) is 18.8 Å². The van der Waals surface area contributed by atoms with Gasteiger partial charge in [-0.3, -0.25) is 14.4 Å². The molecule has 3 aromatic rings. The Morgan fingerprint density at radius 2 is 1.39 bits per heavy atom. The number of nitrogen functional groups attached to an aromatic ring is 1. The molecule has 0 saturated carbocycles. The average molecular weight is 533 g/mol. The molecule has 0 aliphatic carbocycles. The summed E-state index contributed by atoms with van der Waals surface area (Å²) in [7, 11) is 0. The van der Waals surface area contributed by atoms with Gasteiger partial charge in [-0.2, -0.15) is 5.10 Å². The minimum Gasteiger partial charge on any atom is -0.478 e. The van der Waals surface area contributed by atoms with Gasteiger partial charge in [0.05, 0.1) is 0 Å². The Bertz CT molecular complexity index is 1340. The molecule has 0 aromatic heterocycles. The molecule has 4 rings (SSSR count). The average Bonchev–Trinajstić information content (AvgIpc) is 2.92. The van der Waals surface area contributed by atoms with Gasteiger partial charge < -0.3 is 15.4 Å². The van der Waals surface area contributed by atoms with E-state index in [-0.39, 0.29) is 17.6 Å². The van der Waals surface area contributed by atoms with Gasteiger partial charge >= 0.3 is 0 Å². The fourth-order valence-corrected chi connectivity index (χ4v) is 4.20. The number of hydrogen-bond acceptors (Lipinski definition) is 6. The maximum atomic E-state index is 13.2. The van der Waals surface area contributed by atoms with Crippen molar-refractivity contribution in [3.8, 4) is 5.75 Å². The number of hydrogen-bond donors (Lipinski definition) is 2. The minimum atomic E-state index is -1.11. The van der Waals surface area contributed by atoms with Gasteiger partial charge in [0.1, 0.15) is 5.75 Å². The topological polar surface area (TPSA) is 114 Å². The molecular formula is C29H29ClN4O4. The van der Waals surface area contributed by atoms with Crippen LogP contribution in [0.4, 0.5) is 5.69 Å². The zero-order valence-corrected chi connectivity index (χ0v) is 22.0. The van der Waals surface area contributed by atoms with Crippen LogP contribution in [-0.2, 0) is 4.79 Å². The van der Waals surface area contributed by atoms with Gasteiger partial charge in [0.15, 0.2) is 11.4 Å². The number of benzene rings is 3. The van der Waals surface area contributed by atoms with Gasteiger partial charge in [-0.1, -0.05) is 11.6 Å². The van der Waals surface area contributed by atoms with E-state index in [1.807, 2.05) is 0 Å². The van der Waals surface area contributed by atoms with Crippen LogP contribution in [0.15, 0.2) is 77.9 Å².